The summed E-state index contributed by atoms with van der Waals surface area (Å²) in [7, 11) is 0. The predicted octanol–water partition coefficient (Wildman–Crippen LogP) is 5.38. The van der Waals surface area contributed by atoms with Gasteiger partial charge in [-0.1, -0.05) is 38.0 Å². The van der Waals surface area contributed by atoms with E-state index in [0.29, 0.717) is 0 Å². The molecule has 0 bridgehead atoms. The van der Waals surface area contributed by atoms with E-state index in [1.54, 1.807) is 0 Å². The molecule has 114 valence electrons. The van der Waals surface area contributed by atoms with Crippen molar-refractivity contribution in [2.45, 2.75) is 57.5 Å². The van der Waals surface area contributed by atoms with Crippen LogP contribution in [0.4, 0.5) is 0 Å². The van der Waals surface area contributed by atoms with Crippen LogP contribution in [0.15, 0.2) is 41.3 Å². The quantitative estimate of drug-likeness (QED) is 0.361. The van der Waals surface area contributed by atoms with Crippen LogP contribution in [-0.4, -0.2) is 11.9 Å². The summed E-state index contributed by atoms with van der Waals surface area (Å²) in [6, 6.07) is 13.0. The molecule has 0 atom stereocenters. The van der Waals surface area contributed by atoms with E-state index in [9.17, 15) is 0 Å². The average Bonchev–Trinajstić information content (AvgIpc) is 2.48. The molecule has 0 aliphatic heterocycles. The monoisotopic (exact) mass is 303 g/mol. The third-order valence-corrected chi connectivity index (χ3v) is 4.79. The number of rotatable bonds is 8. The van der Waals surface area contributed by atoms with Crippen molar-refractivity contribution in [1.29, 1.82) is 0 Å². The fraction of sp³-hybridized carbons (Fsp3) is 0.474. The Balaban J connectivity index is 2.14. The zero-order valence-electron chi connectivity index (χ0n) is 13.4. The van der Waals surface area contributed by atoms with Crippen molar-refractivity contribution in [3.63, 3.8) is 0 Å². The van der Waals surface area contributed by atoms with Gasteiger partial charge in [-0.25, -0.2) is 0 Å². The Bertz CT molecular complexity index is 562. The molecule has 2 heteroatoms. The molecule has 0 aromatic heterocycles. The first-order chi connectivity index (χ1) is 10.2. The summed E-state index contributed by atoms with van der Waals surface area (Å²) in [6.07, 6.45) is 5.56. The normalized spacial score (nSPS) is 11.2. The first-order valence-electron chi connectivity index (χ1n) is 8.08. The third-order valence-electron chi connectivity index (χ3n) is 3.52. The maximum atomic E-state index is 5.94. The molecule has 0 saturated heterocycles. The second-order valence-corrected chi connectivity index (χ2v) is 6.98. The molecule has 0 radical (unpaired) electrons. The van der Waals surface area contributed by atoms with Crippen molar-refractivity contribution in [2.24, 2.45) is 0 Å². The maximum Gasteiger partial charge on any atom is 0.160 e. The Hall–Kier alpha value is -1.15. The van der Waals surface area contributed by atoms with Crippen LogP contribution in [0.1, 0.15) is 46.5 Å². The predicted molar refractivity (Wildman–Crippen MR) is 95.7 cm³/mol. The van der Waals surface area contributed by atoms with Crippen molar-refractivity contribution >= 4 is 22.5 Å². The van der Waals surface area contributed by atoms with Gasteiger partial charge in [0, 0.05) is 22.5 Å². The van der Waals surface area contributed by atoms with E-state index in [1.165, 1.54) is 58.9 Å². The first-order valence-corrected chi connectivity index (χ1v) is 9.16. The van der Waals surface area contributed by atoms with Crippen molar-refractivity contribution < 1.29 is 4.74 Å². The molecule has 2 aromatic rings. The number of ether oxygens (including phenoxy) is 1. The standard InChI is InChI=1S/C19H26OS/c1-4-5-6-9-14-21-19-13-12-18(20-15(2)3)16-10-7-8-11-17(16)19/h7-8,10-13,15H,4-6,9,14H2,1-3H3/p+1. The van der Waals surface area contributed by atoms with E-state index < -0.39 is 0 Å². The highest BCUT2D eigenvalue weighted by Gasteiger charge is 2.12. The molecule has 0 amide bonds. The summed E-state index contributed by atoms with van der Waals surface area (Å²) >= 11 is 1.44. The lowest BCUT2D eigenvalue weighted by molar-refractivity contribution is 0.245. The van der Waals surface area contributed by atoms with Gasteiger partial charge in [-0.15, -0.1) is 0 Å². The number of hydrogen-bond donors (Lipinski definition) is 0. The number of unbranched alkanes of at least 4 members (excludes halogenated alkanes) is 3. The third kappa shape index (κ3) is 4.67. The Kier molecular flexibility index (Phi) is 6.44. The van der Waals surface area contributed by atoms with Crippen LogP contribution < -0.4 is 4.74 Å². The molecule has 0 N–H and O–H groups in total. The Morgan fingerprint density at radius 1 is 0.952 bits per heavy atom. The van der Waals surface area contributed by atoms with E-state index in [4.69, 9.17) is 4.74 Å². The van der Waals surface area contributed by atoms with Gasteiger partial charge in [0.2, 0.25) is 0 Å². The van der Waals surface area contributed by atoms with Gasteiger partial charge in [0.1, 0.15) is 11.5 Å². The van der Waals surface area contributed by atoms with Crippen LogP contribution in [0.5, 0.6) is 5.75 Å². The highest BCUT2D eigenvalue weighted by Crippen LogP contribution is 2.30. The minimum atomic E-state index is 0.214. The molecule has 21 heavy (non-hydrogen) atoms. The Morgan fingerprint density at radius 3 is 2.43 bits per heavy atom. The minimum Gasteiger partial charge on any atom is -0.490 e. The lowest BCUT2D eigenvalue weighted by atomic mass is 10.1. The molecule has 0 heterocycles. The molecule has 2 aromatic carbocycles. The molecular formula is C19H27OS+. The lowest BCUT2D eigenvalue weighted by Crippen LogP contribution is -2.06. The topological polar surface area (TPSA) is 9.23 Å². The summed E-state index contributed by atoms with van der Waals surface area (Å²) in [5.74, 6) is 2.26. The Morgan fingerprint density at radius 2 is 1.71 bits per heavy atom. The molecule has 0 spiro atoms. The summed E-state index contributed by atoms with van der Waals surface area (Å²) in [5.41, 5.74) is 0. The van der Waals surface area contributed by atoms with Gasteiger partial charge in [-0.3, -0.25) is 0 Å². The Labute approximate surface area is 133 Å². The van der Waals surface area contributed by atoms with Crippen LogP contribution in [0.3, 0.4) is 0 Å². The number of thiol groups is 1. The van der Waals surface area contributed by atoms with Gasteiger partial charge in [-0.05, 0) is 44.9 Å². The highest BCUT2D eigenvalue weighted by molar-refractivity contribution is 7.78. The SMILES string of the molecule is CCCCCC[SH+]c1ccc(OC(C)C)c2ccccc12. The summed E-state index contributed by atoms with van der Waals surface area (Å²) < 4.78 is 5.94. The van der Waals surface area contributed by atoms with Crippen LogP contribution in [0.2, 0.25) is 0 Å². The maximum absolute atomic E-state index is 5.94. The van der Waals surface area contributed by atoms with Crippen LogP contribution in [0, 0.1) is 0 Å². The molecule has 0 saturated carbocycles. The van der Waals surface area contributed by atoms with Gasteiger partial charge in [0.15, 0.2) is 4.90 Å². The lowest BCUT2D eigenvalue weighted by Gasteiger charge is -2.12. The second kappa shape index (κ2) is 8.33. The van der Waals surface area contributed by atoms with Crippen LogP contribution in [-0.2, 0) is 11.8 Å². The van der Waals surface area contributed by atoms with Gasteiger partial charge < -0.3 is 4.74 Å². The molecule has 0 fully saturated rings. The zero-order chi connectivity index (χ0) is 15.1. The van der Waals surface area contributed by atoms with E-state index in [1.807, 2.05) is 0 Å². The zero-order valence-corrected chi connectivity index (χ0v) is 14.3. The summed E-state index contributed by atoms with van der Waals surface area (Å²) in [4.78, 5) is 1.43. The second-order valence-electron chi connectivity index (χ2n) is 5.74. The summed E-state index contributed by atoms with van der Waals surface area (Å²) in [6.45, 7) is 6.42. The van der Waals surface area contributed by atoms with Crippen molar-refractivity contribution in [1.82, 2.24) is 0 Å². The minimum absolute atomic E-state index is 0.214. The summed E-state index contributed by atoms with van der Waals surface area (Å²) in [5, 5.41) is 2.58. The number of fused-ring (bicyclic) bond motifs is 1. The van der Waals surface area contributed by atoms with Gasteiger partial charge in [-0.2, -0.15) is 0 Å². The van der Waals surface area contributed by atoms with E-state index in [0.717, 1.165) is 5.75 Å². The van der Waals surface area contributed by atoms with E-state index in [2.05, 4.69) is 57.2 Å². The van der Waals surface area contributed by atoms with Crippen LogP contribution >= 0.6 is 0 Å². The molecule has 2 rings (SSSR count). The fourth-order valence-electron chi connectivity index (χ4n) is 2.49. The fourth-order valence-corrected chi connectivity index (χ4v) is 3.66. The highest BCUT2D eigenvalue weighted by atomic mass is 32.2. The van der Waals surface area contributed by atoms with Gasteiger partial charge in [0.25, 0.3) is 0 Å². The average molecular weight is 303 g/mol. The molecule has 0 unspecified atom stereocenters. The smallest absolute Gasteiger partial charge is 0.160 e. The number of benzene rings is 2. The molecule has 0 aliphatic rings. The van der Waals surface area contributed by atoms with Crippen molar-refractivity contribution in [2.75, 3.05) is 5.75 Å². The van der Waals surface area contributed by atoms with Gasteiger partial charge >= 0.3 is 0 Å². The van der Waals surface area contributed by atoms with Gasteiger partial charge in [0.05, 0.1) is 6.10 Å². The largest absolute Gasteiger partial charge is 0.490 e. The molecular weight excluding hydrogens is 276 g/mol. The molecule has 1 nitrogen and oxygen atoms in total. The van der Waals surface area contributed by atoms with Crippen molar-refractivity contribution in [3.8, 4) is 5.75 Å². The first kappa shape index (κ1) is 16.2. The van der Waals surface area contributed by atoms with E-state index in [-0.39, 0.29) is 6.10 Å². The van der Waals surface area contributed by atoms with Crippen molar-refractivity contribution in [3.05, 3.63) is 36.4 Å². The molecule has 0 aliphatic carbocycles. The number of hydrogen-bond acceptors (Lipinski definition) is 1. The van der Waals surface area contributed by atoms with E-state index >= 15 is 0 Å². The van der Waals surface area contributed by atoms with Crippen LogP contribution in [0.25, 0.3) is 10.8 Å².